The maximum absolute atomic E-state index is 12.9. The zero-order chi connectivity index (χ0) is 20.0. The Morgan fingerprint density at radius 2 is 1.93 bits per heavy atom. The molecule has 1 fully saturated rings. The van der Waals surface area contributed by atoms with E-state index in [9.17, 15) is 9.59 Å². The maximum Gasteiger partial charge on any atom is 0.227 e. The van der Waals surface area contributed by atoms with E-state index in [0.29, 0.717) is 13.0 Å². The summed E-state index contributed by atoms with van der Waals surface area (Å²) in [6.45, 7) is 8.15. The molecule has 144 valence electrons. The van der Waals surface area contributed by atoms with Gasteiger partial charge in [-0.2, -0.15) is 0 Å². The molecule has 2 heterocycles. The fraction of sp³-hybridized carbons (Fsp3) is 0.348. The largest absolute Gasteiger partial charge is 0.317 e. The Morgan fingerprint density at radius 3 is 2.68 bits per heavy atom. The lowest BCUT2D eigenvalue weighted by Gasteiger charge is -2.21. The summed E-state index contributed by atoms with van der Waals surface area (Å²) >= 11 is 0. The monoisotopic (exact) mass is 375 g/mol. The molecular weight excluding hydrogens is 350 g/mol. The number of rotatable bonds is 4. The van der Waals surface area contributed by atoms with Gasteiger partial charge in [0.2, 0.25) is 5.91 Å². The maximum atomic E-state index is 12.9. The van der Waals surface area contributed by atoms with Crippen molar-refractivity contribution in [3.63, 3.8) is 0 Å². The topological polar surface area (TPSA) is 55.2 Å². The molecule has 0 saturated carbocycles. The number of carbonyl (C=O) groups is 2. The highest BCUT2D eigenvalue weighted by molar-refractivity contribution is 5.97. The summed E-state index contributed by atoms with van der Waals surface area (Å²) in [4.78, 5) is 31.7. The van der Waals surface area contributed by atoms with Gasteiger partial charge in [-0.15, -0.1) is 0 Å². The van der Waals surface area contributed by atoms with Crippen molar-refractivity contribution in [2.24, 2.45) is 0 Å². The Kier molecular flexibility index (Phi) is 4.53. The number of Topliss-reactive ketones (excluding diaryl/α,β-unsaturated/α-hetero) is 1. The third-order valence-corrected chi connectivity index (χ3v) is 5.74. The van der Waals surface area contributed by atoms with Crippen LogP contribution in [0.3, 0.4) is 0 Å². The van der Waals surface area contributed by atoms with Crippen LogP contribution in [0.4, 0.5) is 5.69 Å². The number of aromatic nitrogens is 2. The number of hydrogen-bond acceptors (Lipinski definition) is 3. The second kappa shape index (κ2) is 6.89. The van der Waals surface area contributed by atoms with Gasteiger partial charge in [0.25, 0.3) is 0 Å². The number of fused-ring (bicyclic) bond motifs is 1. The molecule has 5 heteroatoms. The predicted octanol–water partition coefficient (Wildman–Crippen LogP) is 4.32. The van der Waals surface area contributed by atoms with Crippen LogP contribution in [-0.2, 0) is 9.59 Å². The Morgan fingerprint density at radius 1 is 1.18 bits per heavy atom. The summed E-state index contributed by atoms with van der Waals surface area (Å²) in [6.07, 6.45) is 0.404. The molecule has 0 spiro atoms. The van der Waals surface area contributed by atoms with Crippen LogP contribution >= 0.6 is 0 Å². The van der Waals surface area contributed by atoms with E-state index in [-0.39, 0.29) is 23.7 Å². The lowest BCUT2D eigenvalue weighted by molar-refractivity contribution is -0.119. The van der Waals surface area contributed by atoms with Crippen molar-refractivity contribution >= 4 is 28.4 Å². The van der Waals surface area contributed by atoms with E-state index in [4.69, 9.17) is 4.98 Å². The standard InChI is InChI=1S/C23H25N3O2/c1-14-9-10-15(2)21(11-14)25-13-18(12-22(25)28)23-24-19-7-5-6-8-20(19)26(23)16(3)17(4)27/h5-11,16,18H,12-13H2,1-4H3. The first kappa shape index (κ1) is 18.4. The molecule has 1 aromatic heterocycles. The van der Waals surface area contributed by atoms with Crippen molar-refractivity contribution in [3.05, 3.63) is 59.4 Å². The number of nitrogens with zero attached hydrogens (tertiary/aromatic N) is 3. The van der Waals surface area contributed by atoms with Crippen LogP contribution in [0.15, 0.2) is 42.5 Å². The van der Waals surface area contributed by atoms with Crippen LogP contribution in [-0.4, -0.2) is 27.8 Å². The van der Waals surface area contributed by atoms with Crippen LogP contribution in [0, 0.1) is 13.8 Å². The fourth-order valence-corrected chi connectivity index (χ4v) is 4.06. The van der Waals surface area contributed by atoms with E-state index >= 15 is 0 Å². The Balaban J connectivity index is 1.77. The first-order valence-corrected chi connectivity index (χ1v) is 9.71. The van der Waals surface area contributed by atoms with E-state index in [1.807, 2.05) is 54.5 Å². The molecule has 0 aliphatic carbocycles. The van der Waals surface area contributed by atoms with Gasteiger partial charge in [0.05, 0.1) is 17.1 Å². The Hall–Kier alpha value is -2.95. The minimum Gasteiger partial charge on any atom is -0.317 e. The van der Waals surface area contributed by atoms with Crippen molar-refractivity contribution in [1.82, 2.24) is 9.55 Å². The zero-order valence-corrected chi connectivity index (χ0v) is 16.8. The average molecular weight is 375 g/mol. The highest BCUT2D eigenvalue weighted by atomic mass is 16.2. The number of ketones is 1. The molecule has 5 nitrogen and oxygen atoms in total. The molecule has 3 aromatic rings. The van der Waals surface area contributed by atoms with Crippen LogP contribution < -0.4 is 4.90 Å². The van der Waals surface area contributed by atoms with Gasteiger partial charge in [0.1, 0.15) is 5.82 Å². The molecule has 1 aliphatic heterocycles. The summed E-state index contributed by atoms with van der Waals surface area (Å²) in [5, 5.41) is 0. The number of benzene rings is 2. The van der Waals surface area contributed by atoms with Crippen LogP contribution in [0.25, 0.3) is 11.0 Å². The molecule has 2 atom stereocenters. The van der Waals surface area contributed by atoms with E-state index in [2.05, 4.69) is 18.2 Å². The SMILES string of the molecule is CC(=O)C(C)n1c(C2CC(=O)N(c3cc(C)ccc3C)C2)nc2ccccc21. The van der Waals surface area contributed by atoms with Crippen LogP contribution in [0.5, 0.6) is 0 Å². The smallest absolute Gasteiger partial charge is 0.227 e. The molecule has 0 bridgehead atoms. The van der Waals surface area contributed by atoms with Gasteiger partial charge < -0.3 is 9.47 Å². The lowest BCUT2D eigenvalue weighted by atomic mass is 10.1. The molecule has 2 unspecified atom stereocenters. The number of aryl methyl sites for hydroxylation is 2. The molecule has 0 radical (unpaired) electrons. The second-order valence-corrected chi connectivity index (χ2v) is 7.81. The normalized spacial score (nSPS) is 18.1. The summed E-state index contributed by atoms with van der Waals surface area (Å²) in [5.41, 5.74) is 5.00. The van der Waals surface area contributed by atoms with Crippen molar-refractivity contribution in [2.45, 2.75) is 46.1 Å². The molecule has 4 rings (SSSR count). The Labute approximate surface area is 165 Å². The summed E-state index contributed by atoms with van der Waals surface area (Å²) in [7, 11) is 0. The zero-order valence-electron chi connectivity index (χ0n) is 16.8. The Bertz CT molecular complexity index is 1080. The summed E-state index contributed by atoms with van der Waals surface area (Å²) in [6, 6.07) is 13.7. The number of imidazole rings is 1. The number of amides is 1. The quantitative estimate of drug-likeness (QED) is 0.682. The van der Waals surface area contributed by atoms with E-state index < -0.39 is 0 Å². The van der Waals surface area contributed by atoms with Crippen molar-refractivity contribution < 1.29 is 9.59 Å². The van der Waals surface area contributed by atoms with Gasteiger partial charge in [-0.1, -0.05) is 24.3 Å². The third-order valence-electron chi connectivity index (χ3n) is 5.74. The third kappa shape index (κ3) is 3.01. The molecule has 1 saturated heterocycles. The highest BCUT2D eigenvalue weighted by Gasteiger charge is 2.36. The van der Waals surface area contributed by atoms with E-state index in [1.165, 1.54) is 0 Å². The first-order chi connectivity index (χ1) is 13.4. The van der Waals surface area contributed by atoms with Crippen LogP contribution in [0.1, 0.15) is 49.2 Å². The average Bonchev–Trinajstić information content (AvgIpc) is 3.23. The lowest BCUT2D eigenvalue weighted by Crippen LogP contribution is -2.25. The highest BCUT2D eigenvalue weighted by Crippen LogP contribution is 2.36. The molecule has 28 heavy (non-hydrogen) atoms. The number of hydrogen-bond donors (Lipinski definition) is 0. The minimum absolute atomic E-state index is 0.0402. The minimum atomic E-state index is -0.313. The van der Waals surface area contributed by atoms with Crippen molar-refractivity contribution in [2.75, 3.05) is 11.4 Å². The van der Waals surface area contributed by atoms with Gasteiger partial charge in [-0.25, -0.2) is 4.98 Å². The van der Waals surface area contributed by atoms with E-state index in [1.54, 1.807) is 6.92 Å². The molecular formula is C23H25N3O2. The first-order valence-electron chi connectivity index (χ1n) is 9.71. The predicted molar refractivity (Wildman–Crippen MR) is 111 cm³/mol. The van der Waals surface area contributed by atoms with Gasteiger partial charge >= 0.3 is 0 Å². The number of anilines is 1. The number of para-hydroxylation sites is 2. The molecule has 1 aliphatic rings. The summed E-state index contributed by atoms with van der Waals surface area (Å²) < 4.78 is 2.02. The van der Waals surface area contributed by atoms with Gasteiger partial charge in [0.15, 0.2) is 5.78 Å². The molecule has 0 N–H and O–H groups in total. The molecule has 1 amide bonds. The fourth-order valence-electron chi connectivity index (χ4n) is 4.06. The number of carbonyl (C=O) groups excluding carboxylic acids is 2. The van der Waals surface area contributed by atoms with Crippen molar-refractivity contribution in [1.29, 1.82) is 0 Å². The second-order valence-electron chi connectivity index (χ2n) is 7.81. The van der Waals surface area contributed by atoms with Gasteiger partial charge in [-0.05, 0) is 57.0 Å². The van der Waals surface area contributed by atoms with Crippen molar-refractivity contribution in [3.8, 4) is 0 Å². The van der Waals surface area contributed by atoms with Gasteiger partial charge in [-0.3, -0.25) is 9.59 Å². The van der Waals surface area contributed by atoms with Gasteiger partial charge in [0, 0.05) is 24.6 Å². The molecule has 2 aromatic carbocycles. The summed E-state index contributed by atoms with van der Waals surface area (Å²) in [5.74, 6) is 0.972. The van der Waals surface area contributed by atoms with Crippen LogP contribution in [0.2, 0.25) is 0 Å². The van der Waals surface area contributed by atoms with E-state index in [0.717, 1.165) is 33.7 Å².